The first kappa shape index (κ1) is 13.3. The molecule has 1 heterocycles. The Morgan fingerprint density at radius 2 is 1.80 bits per heavy atom. The number of imidazole rings is 1. The van der Waals surface area contributed by atoms with Crippen LogP contribution in [0.15, 0.2) is 36.4 Å². The van der Waals surface area contributed by atoms with Crippen LogP contribution < -0.4 is 0 Å². The van der Waals surface area contributed by atoms with Crippen LogP contribution in [0.2, 0.25) is 10.0 Å². The van der Waals surface area contributed by atoms with Crippen LogP contribution in [-0.4, -0.2) is 14.7 Å². The molecule has 5 heteroatoms. The van der Waals surface area contributed by atoms with Crippen molar-refractivity contribution in [2.75, 3.05) is 0 Å². The Labute approximate surface area is 126 Å². The zero-order valence-electron chi connectivity index (χ0n) is 10.8. The van der Waals surface area contributed by atoms with Gasteiger partial charge in [0.05, 0.1) is 16.6 Å². The van der Waals surface area contributed by atoms with Crippen LogP contribution in [0.4, 0.5) is 0 Å². The Bertz CT molecular complexity index is 796. The minimum atomic E-state index is 0.158. The maximum absolute atomic E-state index is 10.1. The third-order valence-electron chi connectivity index (χ3n) is 3.23. The van der Waals surface area contributed by atoms with Crippen molar-refractivity contribution in [3.63, 3.8) is 0 Å². The lowest BCUT2D eigenvalue weighted by Crippen LogP contribution is -1.97. The average molecular weight is 307 g/mol. The molecule has 0 aliphatic carbocycles. The molecule has 20 heavy (non-hydrogen) atoms. The molecule has 0 aliphatic heterocycles. The minimum Gasteiger partial charge on any atom is -0.507 e. The van der Waals surface area contributed by atoms with Crippen molar-refractivity contribution in [2.45, 2.75) is 13.5 Å². The second kappa shape index (κ2) is 5.00. The lowest BCUT2D eigenvalue weighted by molar-refractivity contribution is 0.476. The highest BCUT2D eigenvalue weighted by Crippen LogP contribution is 2.33. The minimum absolute atomic E-state index is 0.158. The molecular weight excluding hydrogens is 295 g/mol. The Kier molecular flexibility index (Phi) is 3.32. The first-order valence-electron chi connectivity index (χ1n) is 6.25. The molecule has 0 atom stereocenters. The van der Waals surface area contributed by atoms with E-state index in [-0.39, 0.29) is 5.75 Å². The van der Waals surface area contributed by atoms with E-state index in [1.165, 1.54) is 0 Å². The standard InChI is InChI=1S/C15H12Cl2N2O/c1-2-19-13-8-10(17)3-5-12(13)18-15(19)11-7-9(16)4-6-14(11)20/h3-8,20H,2H2,1H3. The van der Waals surface area contributed by atoms with Crippen molar-refractivity contribution in [2.24, 2.45) is 0 Å². The van der Waals surface area contributed by atoms with Gasteiger partial charge in [-0.15, -0.1) is 0 Å². The van der Waals surface area contributed by atoms with Gasteiger partial charge in [-0.25, -0.2) is 4.98 Å². The number of benzene rings is 2. The molecular formula is C15H12Cl2N2O. The number of aryl methyl sites for hydroxylation is 1. The monoisotopic (exact) mass is 306 g/mol. The zero-order valence-corrected chi connectivity index (χ0v) is 12.3. The van der Waals surface area contributed by atoms with Gasteiger partial charge >= 0.3 is 0 Å². The summed E-state index contributed by atoms with van der Waals surface area (Å²) in [5.41, 5.74) is 2.40. The fourth-order valence-corrected chi connectivity index (χ4v) is 2.65. The van der Waals surface area contributed by atoms with Crippen LogP contribution in [0.3, 0.4) is 0 Å². The van der Waals surface area contributed by atoms with Crippen LogP contribution in [0, 0.1) is 0 Å². The fraction of sp³-hybridized carbons (Fsp3) is 0.133. The van der Waals surface area contributed by atoms with Crippen molar-refractivity contribution < 1.29 is 5.11 Å². The van der Waals surface area contributed by atoms with Gasteiger partial charge in [-0.05, 0) is 43.3 Å². The highest BCUT2D eigenvalue weighted by molar-refractivity contribution is 6.31. The Balaban J connectivity index is 2.33. The maximum Gasteiger partial charge on any atom is 0.144 e. The van der Waals surface area contributed by atoms with Crippen LogP contribution >= 0.6 is 23.2 Å². The highest BCUT2D eigenvalue weighted by Gasteiger charge is 2.15. The van der Waals surface area contributed by atoms with Gasteiger partial charge < -0.3 is 9.67 Å². The van der Waals surface area contributed by atoms with E-state index in [4.69, 9.17) is 23.2 Å². The number of hydrogen-bond donors (Lipinski definition) is 1. The van der Waals surface area contributed by atoms with E-state index in [1.807, 2.05) is 23.6 Å². The summed E-state index contributed by atoms with van der Waals surface area (Å²) in [5, 5.41) is 11.3. The van der Waals surface area contributed by atoms with Crippen LogP contribution in [0.5, 0.6) is 5.75 Å². The lowest BCUT2D eigenvalue weighted by Gasteiger charge is -2.08. The van der Waals surface area contributed by atoms with Crippen molar-refractivity contribution in [3.05, 3.63) is 46.4 Å². The maximum atomic E-state index is 10.1. The van der Waals surface area contributed by atoms with E-state index in [9.17, 15) is 5.11 Å². The molecule has 2 aromatic carbocycles. The lowest BCUT2D eigenvalue weighted by atomic mass is 10.2. The number of halogens is 2. The molecule has 3 rings (SSSR count). The molecule has 3 aromatic rings. The molecule has 0 aliphatic rings. The van der Waals surface area contributed by atoms with Gasteiger partial charge in [0.15, 0.2) is 0 Å². The number of phenolic OH excluding ortho intramolecular Hbond substituents is 1. The highest BCUT2D eigenvalue weighted by atomic mass is 35.5. The smallest absolute Gasteiger partial charge is 0.144 e. The van der Waals surface area contributed by atoms with Crippen LogP contribution in [0.25, 0.3) is 22.4 Å². The van der Waals surface area contributed by atoms with Crippen LogP contribution in [0.1, 0.15) is 6.92 Å². The fourth-order valence-electron chi connectivity index (χ4n) is 2.31. The van der Waals surface area contributed by atoms with E-state index >= 15 is 0 Å². The summed E-state index contributed by atoms with van der Waals surface area (Å²) in [7, 11) is 0. The molecule has 3 nitrogen and oxygen atoms in total. The summed E-state index contributed by atoms with van der Waals surface area (Å²) >= 11 is 12.1. The van der Waals surface area contributed by atoms with E-state index in [0.29, 0.717) is 21.4 Å². The summed E-state index contributed by atoms with van der Waals surface area (Å²) in [6, 6.07) is 10.5. The molecule has 1 N–H and O–H groups in total. The second-order valence-corrected chi connectivity index (χ2v) is 5.35. The topological polar surface area (TPSA) is 38.0 Å². The molecule has 0 unspecified atom stereocenters. The summed E-state index contributed by atoms with van der Waals surface area (Å²) in [5.74, 6) is 0.843. The predicted molar refractivity (Wildman–Crippen MR) is 82.5 cm³/mol. The Morgan fingerprint density at radius 3 is 2.55 bits per heavy atom. The van der Waals surface area contributed by atoms with Crippen molar-refractivity contribution in [1.82, 2.24) is 9.55 Å². The zero-order chi connectivity index (χ0) is 14.3. The van der Waals surface area contributed by atoms with Gasteiger partial charge in [0, 0.05) is 16.6 Å². The first-order valence-corrected chi connectivity index (χ1v) is 7.00. The molecule has 0 fully saturated rings. The molecule has 0 radical (unpaired) electrons. The van der Waals surface area contributed by atoms with Gasteiger partial charge in [-0.1, -0.05) is 23.2 Å². The van der Waals surface area contributed by atoms with Gasteiger partial charge in [0.2, 0.25) is 0 Å². The Morgan fingerprint density at radius 1 is 1.10 bits per heavy atom. The third kappa shape index (κ3) is 2.13. The molecule has 0 bridgehead atoms. The molecule has 102 valence electrons. The number of fused-ring (bicyclic) bond motifs is 1. The van der Waals surface area contributed by atoms with Gasteiger partial charge in [0.25, 0.3) is 0 Å². The molecule has 0 spiro atoms. The summed E-state index contributed by atoms with van der Waals surface area (Å²) < 4.78 is 2.01. The number of aromatic nitrogens is 2. The average Bonchev–Trinajstić information content (AvgIpc) is 2.79. The normalized spacial score (nSPS) is 11.2. The number of hydrogen-bond acceptors (Lipinski definition) is 2. The Hall–Kier alpha value is -1.71. The number of aromatic hydroxyl groups is 1. The third-order valence-corrected chi connectivity index (χ3v) is 3.70. The SMILES string of the molecule is CCn1c(-c2cc(Cl)ccc2O)nc2ccc(Cl)cc21. The molecule has 0 saturated carbocycles. The van der Waals surface area contributed by atoms with E-state index in [2.05, 4.69) is 4.98 Å². The van der Waals surface area contributed by atoms with Gasteiger partial charge in [-0.3, -0.25) is 0 Å². The molecule has 1 aromatic heterocycles. The number of rotatable bonds is 2. The van der Waals surface area contributed by atoms with E-state index in [0.717, 1.165) is 17.6 Å². The van der Waals surface area contributed by atoms with E-state index in [1.54, 1.807) is 24.3 Å². The van der Waals surface area contributed by atoms with E-state index < -0.39 is 0 Å². The van der Waals surface area contributed by atoms with Crippen molar-refractivity contribution in [1.29, 1.82) is 0 Å². The number of phenols is 1. The number of nitrogens with zero attached hydrogens (tertiary/aromatic N) is 2. The quantitative estimate of drug-likeness (QED) is 0.743. The van der Waals surface area contributed by atoms with Crippen molar-refractivity contribution >= 4 is 34.2 Å². The van der Waals surface area contributed by atoms with Gasteiger partial charge in [0.1, 0.15) is 11.6 Å². The summed E-state index contributed by atoms with van der Waals surface area (Å²) in [6.45, 7) is 2.74. The predicted octanol–water partition coefficient (Wildman–Crippen LogP) is 4.74. The first-order chi connectivity index (χ1) is 9.60. The summed E-state index contributed by atoms with van der Waals surface area (Å²) in [4.78, 5) is 4.58. The molecule has 0 amide bonds. The van der Waals surface area contributed by atoms with Gasteiger partial charge in [-0.2, -0.15) is 0 Å². The van der Waals surface area contributed by atoms with Crippen molar-refractivity contribution in [3.8, 4) is 17.1 Å². The summed E-state index contributed by atoms with van der Waals surface area (Å²) in [6.07, 6.45) is 0. The largest absolute Gasteiger partial charge is 0.507 e. The molecule has 0 saturated heterocycles. The second-order valence-electron chi connectivity index (χ2n) is 4.47. The van der Waals surface area contributed by atoms with Crippen LogP contribution in [-0.2, 0) is 6.54 Å².